The second kappa shape index (κ2) is 7.92. The van der Waals surface area contributed by atoms with Crippen molar-refractivity contribution in [3.8, 4) is 11.8 Å². The number of carbonyl (C=O) groups is 1. The van der Waals surface area contributed by atoms with Gasteiger partial charge in [-0.25, -0.2) is 4.39 Å². The smallest absolute Gasteiger partial charge is 0.316 e. The van der Waals surface area contributed by atoms with Crippen molar-refractivity contribution in [3.63, 3.8) is 0 Å². The van der Waals surface area contributed by atoms with Gasteiger partial charge in [0, 0.05) is 18.5 Å². The lowest BCUT2D eigenvalue weighted by atomic mass is 9.77. The molecule has 6 nitrogen and oxygen atoms in total. The summed E-state index contributed by atoms with van der Waals surface area (Å²) < 4.78 is 76.6. The van der Waals surface area contributed by atoms with E-state index in [0.29, 0.717) is 0 Å². The van der Waals surface area contributed by atoms with E-state index in [9.17, 15) is 26.7 Å². The van der Waals surface area contributed by atoms with Gasteiger partial charge in [-0.1, -0.05) is 0 Å². The molecule has 3 rings (SSSR count). The summed E-state index contributed by atoms with van der Waals surface area (Å²) in [5, 5.41) is 2.69. The first-order chi connectivity index (χ1) is 13.6. The first-order valence-corrected chi connectivity index (χ1v) is 9.16. The van der Waals surface area contributed by atoms with Crippen LogP contribution >= 0.6 is 0 Å². The number of nitrogens with zero attached hydrogens (tertiary/aromatic N) is 2. The number of hydrogen-bond acceptors (Lipinski definition) is 5. The average Bonchev–Trinajstić information content (AvgIpc) is 3.09. The summed E-state index contributed by atoms with van der Waals surface area (Å²) in [4.78, 5) is 17.9. The highest BCUT2D eigenvalue weighted by atomic mass is 19.3. The number of carbonyl (C=O) groups excluding carboxylic acids is 1. The highest BCUT2D eigenvalue weighted by Crippen LogP contribution is 2.55. The molecule has 2 fully saturated rings. The van der Waals surface area contributed by atoms with E-state index < -0.39 is 42.5 Å². The predicted molar refractivity (Wildman–Crippen MR) is 91.7 cm³/mol. The first kappa shape index (κ1) is 21.5. The number of ether oxygens (including phenoxy) is 2. The fraction of sp³-hybridized carbons (Fsp3) is 0.667. The molecule has 1 aromatic heterocycles. The van der Waals surface area contributed by atoms with Crippen LogP contribution in [0.2, 0.25) is 0 Å². The Bertz CT molecular complexity index is 777. The van der Waals surface area contributed by atoms with Gasteiger partial charge in [-0.3, -0.25) is 9.69 Å². The van der Waals surface area contributed by atoms with E-state index >= 15 is 0 Å². The van der Waals surface area contributed by atoms with Gasteiger partial charge in [0.1, 0.15) is 0 Å². The molecule has 162 valence electrons. The van der Waals surface area contributed by atoms with Crippen molar-refractivity contribution in [2.24, 2.45) is 5.92 Å². The van der Waals surface area contributed by atoms with E-state index in [1.807, 2.05) is 11.9 Å². The number of alkyl halides is 4. The van der Waals surface area contributed by atoms with E-state index in [1.54, 1.807) is 0 Å². The van der Waals surface area contributed by atoms with Gasteiger partial charge in [0.15, 0.2) is 5.82 Å². The molecule has 1 saturated carbocycles. The third-order valence-electron chi connectivity index (χ3n) is 5.38. The van der Waals surface area contributed by atoms with Crippen molar-refractivity contribution >= 4 is 5.91 Å². The van der Waals surface area contributed by atoms with E-state index in [1.165, 1.54) is 7.11 Å². The van der Waals surface area contributed by atoms with Gasteiger partial charge in [0.25, 0.3) is 5.88 Å². The average molecular weight is 423 g/mol. The summed E-state index contributed by atoms with van der Waals surface area (Å²) in [7, 11) is 3.10. The maximum atomic E-state index is 14.3. The predicted octanol–water partition coefficient (Wildman–Crippen LogP) is 2.61. The van der Waals surface area contributed by atoms with Crippen LogP contribution in [-0.4, -0.2) is 61.0 Å². The lowest BCUT2D eigenvalue weighted by Gasteiger charge is -2.43. The molecule has 2 unspecified atom stereocenters. The number of aromatic nitrogens is 1. The van der Waals surface area contributed by atoms with E-state index in [4.69, 9.17) is 9.47 Å². The minimum atomic E-state index is -4.20. The Balaban J connectivity index is 1.62. The Morgan fingerprint density at radius 2 is 2.07 bits per heavy atom. The van der Waals surface area contributed by atoms with E-state index in [-0.39, 0.29) is 29.9 Å². The lowest BCUT2D eigenvalue weighted by Crippen LogP contribution is -2.60. The molecule has 0 bridgehead atoms. The zero-order valence-electron chi connectivity index (χ0n) is 16.0. The normalized spacial score (nSPS) is 25.3. The second-order valence-corrected chi connectivity index (χ2v) is 7.34. The molecule has 1 amide bonds. The van der Waals surface area contributed by atoms with Crippen LogP contribution in [0.15, 0.2) is 6.07 Å². The van der Waals surface area contributed by atoms with Gasteiger partial charge < -0.3 is 14.8 Å². The summed E-state index contributed by atoms with van der Waals surface area (Å²) in [6.45, 7) is -0.0428. The fourth-order valence-corrected chi connectivity index (χ4v) is 3.52. The molecule has 0 aromatic carbocycles. The molecule has 1 N–H and O–H groups in total. The number of halogens is 5. The number of amides is 1. The highest BCUT2D eigenvalue weighted by molar-refractivity contribution is 5.82. The number of hydrogen-bond donors (Lipinski definition) is 1. The summed E-state index contributed by atoms with van der Waals surface area (Å²) >= 11 is 0. The third-order valence-corrected chi connectivity index (χ3v) is 5.38. The van der Waals surface area contributed by atoms with Gasteiger partial charge in [-0.2, -0.15) is 22.5 Å². The van der Waals surface area contributed by atoms with Crippen LogP contribution in [0.25, 0.3) is 0 Å². The van der Waals surface area contributed by atoms with Crippen LogP contribution in [0, 0.1) is 11.7 Å². The van der Waals surface area contributed by atoms with Crippen LogP contribution in [0.4, 0.5) is 22.0 Å². The van der Waals surface area contributed by atoms with Crippen molar-refractivity contribution in [2.75, 3.05) is 27.3 Å². The summed E-state index contributed by atoms with van der Waals surface area (Å²) in [6, 6.07) is 0.747. The lowest BCUT2D eigenvalue weighted by molar-refractivity contribution is -0.317. The van der Waals surface area contributed by atoms with Crippen LogP contribution in [0.5, 0.6) is 11.8 Å². The Kier molecular flexibility index (Phi) is 5.88. The monoisotopic (exact) mass is 423 g/mol. The maximum absolute atomic E-state index is 14.3. The molecule has 1 aliphatic heterocycles. The maximum Gasteiger partial charge on any atom is 0.316 e. The van der Waals surface area contributed by atoms with E-state index in [2.05, 4.69) is 10.3 Å². The Hall–Kier alpha value is -2.17. The van der Waals surface area contributed by atoms with Gasteiger partial charge in [0.2, 0.25) is 11.8 Å². The summed E-state index contributed by atoms with van der Waals surface area (Å²) in [6.07, 6.45) is 0.592. The van der Waals surface area contributed by atoms with Crippen LogP contribution in [0.1, 0.15) is 24.8 Å². The van der Waals surface area contributed by atoms with Crippen LogP contribution < -0.4 is 14.8 Å². The topological polar surface area (TPSA) is 63.7 Å². The largest absolute Gasteiger partial charge is 0.481 e. The molecule has 2 atom stereocenters. The molecular weight excluding hydrogens is 401 g/mol. The molecule has 0 spiro atoms. The first-order valence-electron chi connectivity index (χ1n) is 9.16. The number of rotatable bonds is 7. The Labute approximate surface area is 164 Å². The Morgan fingerprint density at radius 3 is 2.62 bits per heavy atom. The molecule has 1 saturated heterocycles. The van der Waals surface area contributed by atoms with Crippen LogP contribution in [-0.2, 0) is 11.3 Å². The molecule has 1 aromatic rings. The number of pyridine rings is 1. The number of likely N-dealkylation sites (tertiary alicyclic amines) is 1. The summed E-state index contributed by atoms with van der Waals surface area (Å²) in [5.41, 5.74) is 0.229. The minimum Gasteiger partial charge on any atom is -0.481 e. The van der Waals surface area contributed by atoms with Crippen molar-refractivity contribution in [3.05, 3.63) is 17.4 Å². The minimum absolute atomic E-state index is 0.0521. The van der Waals surface area contributed by atoms with Crippen molar-refractivity contribution in [1.29, 1.82) is 0 Å². The molecule has 29 heavy (non-hydrogen) atoms. The fourth-order valence-electron chi connectivity index (χ4n) is 3.52. The van der Waals surface area contributed by atoms with Gasteiger partial charge in [-0.15, -0.1) is 0 Å². The van der Waals surface area contributed by atoms with Crippen molar-refractivity contribution in [1.82, 2.24) is 15.2 Å². The van der Waals surface area contributed by atoms with Gasteiger partial charge >= 0.3 is 11.8 Å². The number of likely N-dealkylation sites (N-methyl/N-ethyl adjacent to an activating group) is 1. The molecule has 0 radical (unpaired) electrons. The molecule has 1 aliphatic carbocycles. The van der Waals surface area contributed by atoms with Crippen molar-refractivity contribution in [2.45, 2.75) is 43.7 Å². The molecule has 11 heteroatoms. The van der Waals surface area contributed by atoms with Crippen LogP contribution in [0.3, 0.4) is 0 Å². The Morgan fingerprint density at radius 1 is 1.34 bits per heavy atom. The molecule has 2 heterocycles. The second-order valence-electron chi connectivity index (χ2n) is 7.34. The zero-order chi connectivity index (χ0) is 21.4. The van der Waals surface area contributed by atoms with E-state index in [0.717, 1.165) is 25.5 Å². The SMILES string of the molecule is COc1nc(OCC2CC(F)(F)C2(F)F)c(F)cc1CNC(=O)C1CCCN1C. The summed E-state index contributed by atoms with van der Waals surface area (Å²) in [5.74, 6) is -11.9. The van der Waals surface area contributed by atoms with Gasteiger partial charge in [0.05, 0.1) is 25.7 Å². The van der Waals surface area contributed by atoms with Crippen molar-refractivity contribution < 1.29 is 36.2 Å². The number of methoxy groups -OCH3 is 1. The standard InChI is InChI=1S/C18H22F5N3O3/c1-26-5-3-4-13(26)14(27)24-8-10-6-12(19)16(25-15(10)28-2)29-9-11-7-17(20,21)18(11,22)23/h6,11,13H,3-5,7-9H2,1-2H3,(H,24,27). The quantitative estimate of drug-likeness (QED) is 0.684. The molecule has 2 aliphatic rings. The molecular formula is C18H22F5N3O3. The number of nitrogens with one attached hydrogen (secondary N) is 1. The zero-order valence-corrected chi connectivity index (χ0v) is 16.0. The van der Waals surface area contributed by atoms with Gasteiger partial charge in [-0.05, 0) is 32.5 Å². The third kappa shape index (κ3) is 4.10. The highest BCUT2D eigenvalue weighted by Gasteiger charge is 2.71.